The highest BCUT2D eigenvalue weighted by Gasteiger charge is 2.15. The van der Waals surface area contributed by atoms with E-state index in [1.807, 2.05) is 26.1 Å². The van der Waals surface area contributed by atoms with Crippen LogP contribution in [0.4, 0.5) is 0 Å². The normalized spacial score (nSPS) is 12.4. The Labute approximate surface area is 122 Å². The molecule has 0 fully saturated rings. The lowest BCUT2D eigenvalue weighted by Crippen LogP contribution is -2.19. The number of furan rings is 1. The second-order valence-corrected chi connectivity index (χ2v) is 5.30. The van der Waals surface area contributed by atoms with Gasteiger partial charge in [0.05, 0.1) is 17.8 Å². The molecular formula is C15H18BrNO2. The highest BCUT2D eigenvalue weighted by molar-refractivity contribution is 9.10. The van der Waals surface area contributed by atoms with Crippen molar-refractivity contribution >= 4 is 15.9 Å². The van der Waals surface area contributed by atoms with Crippen LogP contribution in [0.1, 0.15) is 22.9 Å². The summed E-state index contributed by atoms with van der Waals surface area (Å²) in [5.41, 5.74) is 2.45. The fraction of sp³-hybridized carbons (Fsp3) is 0.333. The third kappa shape index (κ3) is 3.19. The number of halogens is 1. The van der Waals surface area contributed by atoms with Gasteiger partial charge in [-0.2, -0.15) is 0 Å². The number of aryl methyl sites for hydroxylation is 1. The van der Waals surface area contributed by atoms with Gasteiger partial charge in [-0.1, -0.05) is 6.07 Å². The van der Waals surface area contributed by atoms with E-state index in [1.54, 1.807) is 13.4 Å². The quantitative estimate of drug-likeness (QED) is 0.907. The molecule has 4 heteroatoms. The maximum absolute atomic E-state index is 5.38. The first-order valence-electron chi connectivity index (χ1n) is 6.19. The molecule has 0 aliphatic heterocycles. The highest BCUT2D eigenvalue weighted by atomic mass is 79.9. The number of benzene rings is 1. The number of ether oxygens (including phenoxy) is 1. The van der Waals surface area contributed by atoms with Gasteiger partial charge >= 0.3 is 0 Å². The topological polar surface area (TPSA) is 34.4 Å². The van der Waals surface area contributed by atoms with E-state index >= 15 is 0 Å². The molecule has 1 aromatic carbocycles. The smallest absolute Gasteiger partial charge is 0.133 e. The summed E-state index contributed by atoms with van der Waals surface area (Å²) in [6, 6.07) is 8.43. The zero-order chi connectivity index (χ0) is 13.8. The van der Waals surface area contributed by atoms with Gasteiger partial charge in [0.1, 0.15) is 11.5 Å². The molecule has 1 N–H and O–H groups in total. The van der Waals surface area contributed by atoms with Gasteiger partial charge in [-0.25, -0.2) is 0 Å². The summed E-state index contributed by atoms with van der Waals surface area (Å²) in [5, 5.41) is 3.34. The van der Waals surface area contributed by atoms with Crippen molar-refractivity contribution in [2.75, 3.05) is 14.2 Å². The second-order valence-electron chi connectivity index (χ2n) is 4.45. The van der Waals surface area contributed by atoms with E-state index in [9.17, 15) is 0 Å². The van der Waals surface area contributed by atoms with E-state index in [0.29, 0.717) is 0 Å². The molecule has 0 aliphatic rings. The first kappa shape index (κ1) is 14.2. The highest BCUT2D eigenvalue weighted by Crippen LogP contribution is 2.28. The first-order chi connectivity index (χ1) is 9.15. The lowest BCUT2D eigenvalue weighted by molar-refractivity contribution is 0.412. The van der Waals surface area contributed by atoms with Gasteiger partial charge < -0.3 is 14.5 Å². The summed E-state index contributed by atoms with van der Waals surface area (Å²) >= 11 is 3.52. The van der Waals surface area contributed by atoms with Crippen molar-refractivity contribution in [2.45, 2.75) is 19.4 Å². The van der Waals surface area contributed by atoms with Crippen LogP contribution in [0.15, 0.2) is 39.4 Å². The molecule has 19 heavy (non-hydrogen) atoms. The largest absolute Gasteiger partial charge is 0.496 e. The molecule has 1 unspecified atom stereocenters. The van der Waals surface area contributed by atoms with Crippen LogP contribution in [-0.4, -0.2) is 14.2 Å². The van der Waals surface area contributed by atoms with Gasteiger partial charge in [-0.05, 0) is 60.1 Å². The van der Waals surface area contributed by atoms with E-state index in [1.165, 1.54) is 11.1 Å². The summed E-state index contributed by atoms with van der Waals surface area (Å²) in [6.45, 7) is 1.99. The summed E-state index contributed by atoms with van der Waals surface area (Å²) in [7, 11) is 3.64. The lowest BCUT2D eigenvalue weighted by Gasteiger charge is -2.16. The molecule has 0 radical (unpaired) electrons. The number of hydrogen-bond acceptors (Lipinski definition) is 3. The molecule has 2 rings (SSSR count). The van der Waals surface area contributed by atoms with Crippen molar-refractivity contribution in [1.82, 2.24) is 5.32 Å². The van der Waals surface area contributed by atoms with Crippen LogP contribution in [-0.2, 0) is 6.42 Å². The lowest BCUT2D eigenvalue weighted by atomic mass is 9.99. The zero-order valence-electron chi connectivity index (χ0n) is 11.4. The van der Waals surface area contributed by atoms with Crippen molar-refractivity contribution in [3.63, 3.8) is 0 Å². The van der Waals surface area contributed by atoms with Crippen LogP contribution < -0.4 is 10.1 Å². The minimum absolute atomic E-state index is 0.249. The third-order valence-electron chi connectivity index (χ3n) is 3.28. The van der Waals surface area contributed by atoms with E-state index in [-0.39, 0.29) is 6.04 Å². The second kappa shape index (κ2) is 6.26. The van der Waals surface area contributed by atoms with E-state index in [2.05, 4.69) is 33.4 Å². The molecule has 2 aromatic rings. The van der Waals surface area contributed by atoms with Crippen LogP contribution >= 0.6 is 15.9 Å². The number of methoxy groups -OCH3 is 1. The Bertz CT molecular complexity index is 551. The minimum atomic E-state index is 0.249. The molecule has 0 saturated heterocycles. The molecule has 0 spiro atoms. The van der Waals surface area contributed by atoms with Crippen molar-refractivity contribution < 1.29 is 9.15 Å². The maximum atomic E-state index is 5.38. The van der Waals surface area contributed by atoms with Crippen LogP contribution in [0.2, 0.25) is 0 Å². The fourth-order valence-electron chi connectivity index (χ4n) is 2.20. The molecular weight excluding hydrogens is 306 g/mol. The molecule has 1 atom stereocenters. The summed E-state index contributed by atoms with van der Waals surface area (Å²) in [6.07, 6.45) is 2.64. The fourth-order valence-corrected chi connectivity index (χ4v) is 2.78. The molecule has 1 heterocycles. The number of hydrogen-bond donors (Lipinski definition) is 1. The Morgan fingerprint density at radius 2 is 2.16 bits per heavy atom. The van der Waals surface area contributed by atoms with E-state index < -0.39 is 0 Å². The zero-order valence-corrected chi connectivity index (χ0v) is 13.0. The molecule has 0 amide bonds. The Hall–Kier alpha value is -1.26. The van der Waals surface area contributed by atoms with Gasteiger partial charge in [-0.3, -0.25) is 0 Å². The Kier molecular flexibility index (Phi) is 4.66. The number of likely N-dealkylation sites (N-methyl/N-ethyl adjacent to an activating group) is 1. The van der Waals surface area contributed by atoms with Crippen molar-refractivity contribution in [3.05, 3.63) is 51.9 Å². The van der Waals surface area contributed by atoms with Gasteiger partial charge in [0.25, 0.3) is 0 Å². The van der Waals surface area contributed by atoms with Crippen molar-refractivity contribution in [3.8, 4) is 5.75 Å². The molecule has 1 aromatic heterocycles. The van der Waals surface area contributed by atoms with Crippen LogP contribution in [0, 0.1) is 6.92 Å². The van der Waals surface area contributed by atoms with Gasteiger partial charge in [0.2, 0.25) is 0 Å². The SMILES string of the molecule is CNC(Cc1ccc(OC)c(Br)c1)c1ccoc1C. The van der Waals surface area contributed by atoms with Crippen molar-refractivity contribution in [2.24, 2.45) is 0 Å². The predicted octanol–water partition coefficient (Wildman–Crippen LogP) is 3.86. The van der Waals surface area contributed by atoms with Crippen molar-refractivity contribution in [1.29, 1.82) is 0 Å². The summed E-state index contributed by atoms with van der Waals surface area (Å²) in [5.74, 6) is 1.82. The Morgan fingerprint density at radius 3 is 2.68 bits per heavy atom. The Balaban J connectivity index is 2.19. The van der Waals surface area contributed by atoms with Crippen LogP contribution in [0.25, 0.3) is 0 Å². The molecule has 0 aliphatic carbocycles. The molecule has 0 bridgehead atoms. The first-order valence-corrected chi connectivity index (χ1v) is 6.98. The summed E-state index contributed by atoms with van der Waals surface area (Å²) < 4.78 is 11.6. The maximum Gasteiger partial charge on any atom is 0.133 e. The Morgan fingerprint density at radius 1 is 1.37 bits per heavy atom. The molecule has 0 saturated carbocycles. The van der Waals surface area contributed by atoms with Crippen LogP contribution in [0.3, 0.4) is 0 Å². The van der Waals surface area contributed by atoms with Gasteiger partial charge in [-0.15, -0.1) is 0 Å². The van der Waals surface area contributed by atoms with E-state index in [0.717, 1.165) is 22.4 Å². The molecule has 102 valence electrons. The number of rotatable bonds is 5. The standard InChI is InChI=1S/C15H18BrNO2/c1-10-12(6-7-19-10)14(17-2)9-11-4-5-15(18-3)13(16)8-11/h4-8,14,17H,9H2,1-3H3. The third-order valence-corrected chi connectivity index (χ3v) is 3.90. The predicted molar refractivity (Wildman–Crippen MR) is 79.6 cm³/mol. The summed E-state index contributed by atoms with van der Waals surface area (Å²) in [4.78, 5) is 0. The average Bonchev–Trinajstić information content (AvgIpc) is 2.82. The number of nitrogens with one attached hydrogen (secondary N) is 1. The minimum Gasteiger partial charge on any atom is -0.496 e. The average molecular weight is 324 g/mol. The van der Waals surface area contributed by atoms with Gasteiger partial charge in [0.15, 0.2) is 0 Å². The molecule has 3 nitrogen and oxygen atoms in total. The monoisotopic (exact) mass is 323 g/mol. The van der Waals surface area contributed by atoms with Crippen LogP contribution in [0.5, 0.6) is 5.75 Å². The van der Waals surface area contributed by atoms with E-state index in [4.69, 9.17) is 9.15 Å². The van der Waals surface area contributed by atoms with Gasteiger partial charge in [0, 0.05) is 11.6 Å².